The number of thiol groups is 1. The van der Waals surface area contributed by atoms with E-state index in [0.29, 0.717) is 11.4 Å². The van der Waals surface area contributed by atoms with E-state index in [-0.39, 0.29) is 5.56 Å². The van der Waals surface area contributed by atoms with Crippen molar-refractivity contribution in [2.75, 3.05) is 0 Å². The summed E-state index contributed by atoms with van der Waals surface area (Å²) in [6.45, 7) is 4.09. The molecule has 0 bridgehead atoms. The zero-order valence-electron chi connectivity index (χ0n) is 6.03. The third-order valence-electron chi connectivity index (χ3n) is 1.31. The number of pyridine rings is 1. The minimum atomic E-state index is -0.0441. The first-order valence-corrected chi connectivity index (χ1v) is 3.69. The Morgan fingerprint density at radius 3 is 3.00 bits per heavy atom. The lowest BCUT2D eigenvalue weighted by Crippen LogP contribution is -2.17. The Hall–Kier alpha value is -0.960. The van der Waals surface area contributed by atoms with Crippen LogP contribution in [0.25, 0.3) is 0 Å². The summed E-state index contributed by atoms with van der Waals surface area (Å²) in [4.78, 5) is 11.8. The zero-order chi connectivity index (χ0) is 8.27. The monoisotopic (exact) mass is 167 g/mol. The molecule has 0 unspecified atom stereocenters. The van der Waals surface area contributed by atoms with Crippen LogP contribution in [0.4, 0.5) is 0 Å². The van der Waals surface area contributed by atoms with Gasteiger partial charge in [0.05, 0.1) is 0 Å². The number of nitrogens with zero attached hydrogens (tertiary/aromatic N) is 1. The number of hydrogen-bond donors (Lipinski definition) is 1. The Balaban J connectivity index is 3.09. The Morgan fingerprint density at radius 2 is 2.45 bits per heavy atom. The average Bonchev–Trinajstić information content (AvgIpc) is 1.95. The third kappa shape index (κ3) is 1.98. The van der Waals surface area contributed by atoms with E-state index in [1.165, 1.54) is 6.07 Å². The lowest BCUT2D eigenvalue weighted by atomic mass is 10.4. The second-order valence-corrected chi connectivity index (χ2v) is 2.68. The Bertz CT molecular complexity index is 316. The molecule has 2 nitrogen and oxygen atoms in total. The fraction of sp³-hybridized carbons (Fsp3) is 0.125. The van der Waals surface area contributed by atoms with Crippen LogP contribution < -0.4 is 5.56 Å². The van der Waals surface area contributed by atoms with Crippen molar-refractivity contribution in [3.05, 3.63) is 41.3 Å². The Morgan fingerprint density at radius 1 is 1.73 bits per heavy atom. The van der Waals surface area contributed by atoms with Crippen LogP contribution in [-0.2, 0) is 6.54 Å². The van der Waals surface area contributed by atoms with Crippen molar-refractivity contribution in [3.8, 4) is 0 Å². The van der Waals surface area contributed by atoms with E-state index in [9.17, 15) is 4.79 Å². The van der Waals surface area contributed by atoms with Gasteiger partial charge in [-0.1, -0.05) is 6.08 Å². The number of hydrogen-bond acceptors (Lipinski definition) is 2. The molecule has 0 amide bonds. The number of allylic oxidation sites excluding steroid dienone is 1. The van der Waals surface area contributed by atoms with Crippen LogP contribution in [0.1, 0.15) is 0 Å². The average molecular weight is 167 g/mol. The van der Waals surface area contributed by atoms with Gasteiger partial charge in [-0.3, -0.25) is 4.79 Å². The molecule has 3 heteroatoms. The standard InChI is InChI=1S/C8H9NOS/c1-2-4-9-5-3-7(11)6-8(9)10/h2-3,5-6,11H,1,4H2. The van der Waals surface area contributed by atoms with Gasteiger partial charge >= 0.3 is 0 Å². The van der Waals surface area contributed by atoms with E-state index in [4.69, 9.17) is 0 Å². The lowest BCUT2D eigenvalue weighted by molar-refractivity contribution is 0.773. The topological polar surface area (TPSA) is 22.0 Å². The molecule has 1 aromatic heterocycles. The summed E-state index contributed by atoms with van der Waals surface area (Å²) in [6, 6.07) is 3.25. The van der Waals surface area contributed by atoms with Gasteiger partial charge in [0.1, 0.15) is 0 Å². The molecule has 58 valence electrons. The van der Waals surface area contributed by atoms with Crippen molar-refractivity contribution < 1.29 is 0 Å². The van der Waals surface area contributed by atoms with Crippen molar-refractivity contribution >= 4 is 12.6 Å². The van der Waals surface area contributed by atoms with Crippen molar-refractivity contribution in [1.29, 1.82) is 0 Å². The second kappa shape index (κ2) is 3.44. The molecule has 0 aliphatic heterocycles. The van der Waals surface area contributed by atoms with Crippen molar-refractivity contribution in [2.24, 2.45) is 0 Å². The van der Waals surface area contributed by atoms with Crippen LogP contribution in [0, 0.1) is 0 Å². The van der Waals surface area contributed by atoms with Crippen LogP contribution in [-0.4, -0.2) is 4.57 Å². The van der Waals surface area contributed by atoms with Gasteiger partial charge in [0.25, 0.3) is 5.56 Å². The smallest absolute Gasteiger partial charge is 0.251 e. The Labute approximate surface area is 70.6 Å². The molecule has 0 N–H and O–H groups in total. The van der Waals surface area contributed by atoms with Crippen LogP contribution >= 0.6 is 12.6 Å². The maximum absolute atomic E-state index is 11.1. The molecule has 1 heterocycles. The van der Waals surface area contributed by atoms with Gasteiger partial charge < -0.3 is 4.57 Å². The molecule has 0 atom stereocenters. The fourth-order valence-electron chi connectivity index (χ4n) is 0.787. The van der Waals surface area contributed by atoms with Gasteiger partial charge in [0, 0.05) is 23.7 Å². The highest BCUT2D eigenvalue weighted by atomic mass is 32.1. The number of aromatic nitrogens is 1. The van der Waals surface area contributed by atoms with Crippen molar-refractivity contribution in [3.63, 3.8) is 0 Å². The SMILES string of the molecule is C=CCn1ccc(S)cc1=O. The second-order valence-electron chi connectivity index (χ2n) is 2.16. The van der Waals surface area contributed by atoms with Crippen LogP contribution in [0.2, 0.25) is 0 Å². The van der Waals surface area contributed by atoms with Gasteiger partial charge in [-0.05, 0) is 6.07 Å². The summed E-state index contributed by atoms with van der Waals surface area (Å²) in [5.74, 6) is 0. The molecular formula is C8H9NOS. The van der Waals surface area contributed by atoms with Gasteiger partial charge in [0.2, 0.25) is 0 Å². The number of rotatable bonds is 2. The largest absolute Gasteiger partial charge is 0.312 e. The quantitative estimate of drug-likeness (QED) is 0.521. The van der Waals surface area contributed by atoms with Gasteiger partial charge in [-0.25, -0.2) is 0 Å². The van der Waals surface area contributed by atoms with E-state index in [2.05, 4.69) is 19.2 Å². The minimum Gasteiger partial charge on any atom is -0.312 e. The van der Waals surface area contributed by atoms with Crippen molar-refractivity contribution in [2.45, 2.75) is 11.4 Å². The first kappa shape index (κ1) is 8.14. The van der Waals surface area contributed by atoms with Gasteiger partial charge in [-0.15, -0.1) is 19.2 Å². The van der Waals surface area contributed by atoms with Crippen molar-refractivity contribution in [1.82, 2.24) is 4.57 Å². The summed E-state index contributed by atoms with van der Waals surface area (Å²) in [7, 11) is 0. The van der Waals surface area contributed by atoms with Crippen LogP contribution in [0.15, 0.2) is 40.7 Å². The molecule has 0 aromatic carbocycles. The highest BCUT2D eigenvalue weighted by Crippen LogP contribution is 1.98. The zero-order valence-corrected chi connectivity index (χ0v) is 6.92. The molecule has 0 radical (unpaired) electrons. The summed E-state index contributed by atoms with van der Waals surface area (Å²) in [5.41, 5.74) is -0.0441. The first-order valence-electron chi connectivity index (χ1n) is 3.24. The normalized spacial score (nSPS) is 9.55. The van der Waals surface area contributed by atoms with Crippen LogP contribution in [0.3, 0.4) is 0 Å². The molecule has 0 aliphatic rings. The van der Waals surface area contributed by atoms with Crippen LogP contribution in [0.5, 0.6) is 0 Å². The fourth-order valence-corrected chi connectivity index (χ4v) is 0.964. The highest BCUT2D eigenvalue weighted by molar-refractivity contribution is 7.80. The summed E-state index contributed by atoms with van der Waals surface area (Å²) in [5, 5.41) is 0. The molecule has 1 rings (SSSR count). The lowest BCUT2D eigenvalue weighted by Gasteiger charge is -1.99. The molecular weight excluding hydrogens is 158 g/mol. The predicted molar refractivity (Wildman–Crippen MR) is 48.2 cm³/mol. The maximum Gasteiger partial charge on any atom is 0.251 e. The third-order valence-corrected chi connectivity index (χ3v) is 1.58. The van der Waals surface area contributed by atoms with Gasteiger partial charge in [-0.2, -0.15) is 0 Å². The van der Waals surface area contributed by atoms with E-state index in [0.717, 1.165) is 0 Å². The van der Waals surface area contributed by atoms with Gasteiger partial charge in [0.15, 0.2) is 0 Å². The summed E-state index contributed by atoms with van der Waals surface area (Å²) in [6.07, 6.45) is 3.38. The summed E-state index contributed by atoms with van der Waals surface area (Å²) < 4.78 is 1.56. The predicted octanol–water partition coefficient (Wildman–Crippen LogP) is 1.32. The molecule has 0 fully saturated rings. The van der Waals surface area contributed by atoms with E-state index in [1.807, 2.05) is 0 Å². The highest BCUT2D eigenvalue weighted by Gasteiger charge is 1.91. The maximum atomic E-state index is 11.1. The molecule has 11 heavy (non-hydrogen) atoms. The minimum absolute atomic E-state index is 0.0441. The summed E-state index contributed by atoms with van der Waals surface area (Å²) >= 11 is 4.03. The molecule has 1 aromatic rings. The van der Waals surface area contributed by atoms with E-state index in [1.54, 1.807) is 22.9 Å². The van der Waals surface area contributed by atoms with E-state index >= 15 is 0 Å². The molecule has 0 saturated heterocycles. The molecule has 0 spiro atoms. The molecule has 0 saturated carbocycles. The molecule has 0 aliphatic carbocycles. The van der Waals surface area contributed by atoms with E-state index < -0.39 is 0 Å². The first-order chi connectivity index (χ1) is 5.24. The Kier molecular flexibility index (Phi) is 2.54.